The van der Waals surface area contributed by atoms with Gasteiger partial charge in [0.1, 0.15) is 0 Å². The van der Waals surface area contributed by atoms with Gasteiger partial charge in [0.25, 0.3) is 0 Å². The molecule has 0 atom stereocenters. The summed E-state index contributed by atoms with van der Waals surface area (Å²) in [4.78, 5) is 0. The molecule has 0 unspecified atom stereocenters. The molecule has 0 amide bonds. The summed E-state index contributed by atoms with van der Waals surface area (Å²) in [6.07, 6.45) is 22.9. The third kappa shape index (κ3) is 11.7. The first kappa shape index (κ1) is 17.2. The van der Waals surface area contributed by atoms with Crippen molar-refractivity contribution in [3.05, 3.63) is 36.0 Å². The first-order valence-electron chi connectivity index (χ1n) is 7.85. The Bertz CT molecular complexity index is 243. The Morgan fingerprint density at radius 1 is 0.778 bits per heavy atom. The number of rotatable bonds is 11. The van der Waals surface area contributed by atoms with Gasteiger partial charge < -0.3 is 0 Å². The van der Waals surface area contributed by atoms with Crippen molar-refractivity contribution in [2.45, 2.75) is 78.6 Å². The number of hydrogen-bond acceptors (Lipinski definition) is 0. The molecule has 0 heterocycles. The van der Waals surface area contributed by atoms with Gasteiger partial charge in [0, 0.05) is 0 Å². The maximum Gasteiger partial charge on any atom is -0.0163 e. The van der Waals surface area contributed by atoms with Crippen molar-refractivity contribution < 1.29 is 0 Å². The fourth-order valence-corrected chi connectivity index (χ4v) is 1.85. The standard InChI is InChI=1S/C18H32/c1-4-7-9-11-12-14-17-18(15-6-3)16-13-10-8-5-2/h11-13,16-17H,4-10,14-15H2,1-3H3. The molecule has 0 radical (unpaired) electrons. The van der Waals surface area contributed by atoms with E-state index in [0.29, 0.717) is 0 Å². The van der Waals surface area contributed by atoms with Crippen molar-refractivity contribution in [1.82, 2.24) is 0 Å². The lowest BCUT2D eigenvalue weighted by atomic mass is 10.1. The van der Waals surface area contributed by atoms with Gasteiger partial charge in [-0.25, -0.2) is 0 Å². The number of allylic oxidation sites excluding steroid dienone is 6. The van der Waals surface area contributed by atoms with Gasteiger partial charge in [-0.05, 0) is 25.7 Å². The molecule has 18 heavy (non-hydrogen) atoms. The highest BCUT2D eigenvalue weighted by Crippen LogP contribution is 2.10. The second-order valence-electron chi connectivity index (χ2n) is 4.92. The molecule has 0 aromatic heterocycles. The average Bonchev–Trinajstić information content (AvgIpc) is 2.38. The molecule has 0 nitrogen and oxygen atoms in total. The van der Waals surface area contributed by atoms with Crippen molar-refractivity contribution in [3.8, 4) is 0 Å². The molecule has 0 heteroatoms. The van der Waals surface area contributed by atoms with Crippen LogP contribution in [0.5, 0.6) is 0 Å². The van der Waals surface area contributed by atoms with Crippen LogP contribution in [0.15, 0.2) is 36.0 Å². The maximum atomic E-state index is 2.38. The summed E-state index contributed by atoms with van der Waals surface area (Å²) < 4.78 is 0. The highest BCUT2D eigenvalue weighted by molar-refractivity contribution is 5.19. The molecule has 0 aromatic carbocycles. The lowest BCUT2D eigenvalue weighted by molar-refractivity contribution is 0.812. The highest BCUT2D eigenvalue weighted by Gasteiger charge is 1.89. The Labute approximate surface area is 115 Å². The Hall–Kier alpha value is -0.780. The second-order valence-corrected chi connectivity index (χ2v) is 4.92. The van der Waals surface area contributed by atoms with E-state index in [4.69, 9.17) is 0 Å². The average molecular weight is 248 g/mol. The molecule has 0 N–H and O–H groups in total. The molecule has 0 aliphatic carbocycles. The molecule has 0 rings (SSSR count). The van der Waals surface area contributed by atoms with Gasteiger partial charge in [-0.2, -0.15) is 0 Å². The van der Waals surface area contributed by atoms with E-state index in [1.165, 1.54) is 56.9 Å². The molecule has 0 aliphatic heterocycles. The molecular weight excluding hydrogens is 216 g/mol. The van der Waals surface area contributed by atoms with Crippen LogP contribution < -0.4 is 0 Å². The molecule has 0 aliphatic rings. The third-order valence-corrected chi connectivity index (χ3v) is 3.00. The van der Waals surface area contributed by atoms with Gasteiger partial charge in [0.15, 0.2) is 0 Å². The molecule has 0 saturated heterocycles. The van der Waals surface area contributed by atoms with Crippen molar-refractivity contribution in [2.24, 2.45) is 0 Å². The number of hydrogen-bond donors (Lipinski definition) is 0. The predicted molar refractivity (Wildman–Crippen MR) is 84.9 cm³/mol. The van der Waals surface area contributed by atoms with Crippen molar-refractivity contribution in [1.29, 1.82) is 0 Å². The zero-order chi connectivity index (χ0) is 13.5. The second kappa shape index (κ2) is 14.3. The van der Waals surface area contributed by atoms with Crippen molar-refractivity contribution in [3.63, 3.8) is 0 Å². The summed E-state index contributed by atoms with van der Waals surface area (Å²) in [6.45, 7) is 6.75. The molecule has 0 saturated carbocycles. The third-order valence-electron chi connectivity index (χ3n) is 3.00. The molecule has 0 fully saturated rings. The minimum Gasteiger partial charge on any atom is -0.0882 e. The Morgan fingerprint density at radius 2 is 1.44 bits per heavy atom. The Kier molecular flexibility index (Phi) is 13.7. The van der Waals surface area contributed by atoms with E-state index in [0.717, 1.165) is 6.42 Å². The van der Waals surface area contributed by atoms with Gasteiger partial charge in [0.2, 0.25) is 0 Å². The van der Waals surface area contributed by atoms with Crippen LogP contribution in [0, 0.1) is 0 Å². The van der Waals surface area contributed by atoms with Gasteiger partial charge >= 0.3 is 0 Å². The topological polar surface area (TPSA) is 0 Å². The van der Waals surface area contributed by atoms with E-state index in [-0.39, 0.29) is 0 Å². The van der Waals surface area contributed by atoms with Crippen LogP contribution in [-0.4, -0.2) is 0 Å². The first-order valence-corrected chi connectivity index (χ1v) is 7.85. The van der Waals surface area contributed by atoms with Crippen molar-refractivity contribution in [2.75, 3.05) is 0 Å². The van der Waals surface area contributed by atoms with Gasteiger partial charge in [-0.3, -0.25) is 0 Å². The van der Waals surface area contributed by atoms with E-state index in [9.17, 15) is 0 Å². The molecule has 104 valence electrons. The van der Waals surface area contributed by atoms with E-state index >= 15 is 0 Å². The quantitative estimate of drug-likeness (QED) is 0.220. The van der Waals surface area contributed by atoms with Gasteiger partial charge in [-0.1, -0.05) is 88.8 Å². The summed E-state index contributed by atoms with van der Waals surface area (Å²) in [5.74, 6) is 0. The normalized spacial score (nSPS) is 12.9. The molecule has 0 spiro atoms. The van der Waals surface area contributed by atoms with Gasteiger partial charge in [-0.15, -0.1) is 0 Å². The lowest BCUT2D eigenvalue weighted by Gasteiger charge is -1.99. The zero-order valence-electron chi connectivity index (χ0n) is 12.8. The van der Waals surface area contributed by atoms with Crippen LogP contribution in [0.25, 0.3) is 0 Å². The van der Waals surface area contributed by atoms with Crippen LogP contribution in [0.3, 0.4) is 0 Å². The summed E-state index contributed by atoms with van der Waals surface area (Å²) in [6, 6.07) is 0. The largest absolute Gasteiger partial charge is 0.0882 e. The molecular formula is C18H32. The summed E-state index contributed by atoms with van der Waals surface area (Å²) in [5, 5.41) is 0. The summed E-state index contributed by atoms with van der Waals surface area (Å²) in [5.41, 5.74) is 1.51. The molecule has 0 bridgehead atoms. The summed E-state index contributed by atoms with van der Waals surface area (Å²) in [7, 11) is 0. The predicted octanol–water partition coefficient (Wildman–Crippen LogP) is 6.60. The van der Waals surface area contributed by atoms with Crippen LogP contribution in [-0.2, 0) is 0 Å². The number of unbranched alkanes of at least 4 members (excludes halogenated alkanes) is 4. The Morgan fingerprint density at radius 3 is 2.06 bits per heavy atom. The van der Waals surface area contributed by atoms with E-state index in [1.54, 1.807) is 0 Å². The highest BCUT2D eigenvalue weighted by atomic mass is 14.0. The lowest BCUT2D eigenvalue weighted by Crippen LogP contribution is -1.79. The van der Waals surface area contributed by atoms with Crippen LogP contribution in [0.1, 0.15) is 78.6 Å². The SMILES string of the molecule is CCCCC=CCC=C(C=CCCCC)CCC. The Balaban J connectivity index is 3.98. The zero-order valence-corrected chi connectivity index (χ0v) is 12.8. The monoisotopic (exact) mass is 248 g/mol. The van der Waals surface area contributed by atoms with E-state index in [1.807, 2.05) is 0 Å². The maximum absolute atomic E-state index is 2.38. The summed E-state index contributed by atoms with van der Waals surface area (Å²) >= 11 is 0. The first-order chi connectivity index (χ1) is 8.85. The van der Waals surface area contributed by atoms with Crippen LogP contribution in [0.4, 0.5) is 0 Å². The van der Waals surface area contributed by atoms with Crippen LogP contribution >= 0.6 is 0 Å². The van der Waals surface area contributed by atoms with E-state index < -0.39 is 0 Å². The molecule has 0 aromatic rings. The van der Waals surface area contributed by atoms with Crippen LogP contribution in [0.2, 0.25) is 0 Å². The fourth-order valence-electron chi connectivity index (χ4n) is 1.85. The van der Waals surface area contributed by atoms with Crippen molar-refractivity contribution >= 4 is 0 Å². The minimum absolute atomic E-state index is 1.09. The minimum atomic E-state index is 1.09. The van der Waals surface area contributed by atoms with E-state index in [2.05, 4.69) is 51.2 Å². The smallest absolute Gasteiger partial charge is 0.0163 e. The van der Waals surface area contributed by atoms with Gasteiger partial charge in [0.05, 0.1) is 0 Å². The fraction of sp³-hybridized carbons (Fsp3) is 0.667.